The summed E-state index contributed by atoms with van der Waals surface area (Å²) in [6.45, 7) is 2.12. The molecule has 4 atom stereocenters. The van der Waals surface area contributed by atoms with E-state index in [4.69, 9.17) is 5.11 Å². The lowest BCUT2D eigenvalue weighted by molar-refractivity contribution is -0.137. The van der Waals surface area contributed by atoms with Gasteiger partial charge < -0.3 is 15.3 Å². The van der Waals surface area contributed by atoms with Crippen LogP contribution in [0.1, 0.15) is 64.7 Å². The summed E-state index contributed by atoms with van der Waals surface area (Å²) in [5.74, 6) is -1.06. The molecule has 1 aliphatic carbocycles. The molecule has 1 aliphatic rings. The molecule has 0 radical (unpaired) electrons. The quantitative estimate of drug-likeness (QED) is 0.370. The van der Waals surface area contributed by atoms with Crippen molar-refractivity contribution in [1.29, 1.82) is 0 Å². The number of ketones is 1. The Balaban J connectivity index is 2.41. The molecule has 1 rings (SSSR count). The van der Waals surface area contributed by atoms with Crippen LogP contribution < -0.4 is 0 Å². The van der Waals surface area contributed by atoms with Crippen molar-refractivity contribution in [3.8, 4) is 0 Å². The lowest BCUT2D eigenvalue weighted by atomic mass is 9.88. The number of aliphatic hydroxyl groups excluding tert-OH is 2. The van der Waals surface area contributed by atoms with Crippen molar-refractivity contribution < 1.29 is 24.9 Å². The van der Waals surface area contributed by atoms with Crippen molar-refractivity contribution >= 4 is 11.8 Å². The van der Waals surface area contributed by atoms with E-state index in [1.54, 1.807) is 12.2 Å². The lowest BCUT2D eigenvalue weighted by Crippen LogP contribution is -2.19. The van der Waals surface area contributed by atoms with E-state index in [-0.39, 0.29) is 30.5 Å². The monoisotopic (exact) mass is 352 g/mol. The molecule has 0 spiro atoms. The third-order valence-corrected chi connectivity index (χ3v) is 4.72. The van der Waals surface area contributed by atoms with Gasteiger partial charge >= 0.3 is 5.97 Å². The number of carbonyl (C=O) groups is 2. The fraction of sp³-hybridized carbons (Fsp3) is 0.700. The molecule has 0 heterocycles. The largest absolute Gasteiger partial charge is 0.481 e. The highest BCUT2D eigenvalue weighted by atomic mass is 16.4. The molecule has 0 unspecified atom stereocenters. The van der Waals surface area contributed by atoms with Gasteiger partial charge in [-0.3, -0.25) is 9.59 Å². The van der Waals surface area contributed by atoms with E-state index in [9.17, 15) is 19.8 Å². The molecule has 0 bridgehead atoms. The highest BCUT2D eigenvalue weighted by molar-refractivity contribution is 5.85. The number of hydrogen-bond donors (Lipinski definition) is 3. The number of allylic oxidation sites excluding steroid dienone is 2. The average molecular weight is 352 g/mol. The molecule has 0 amide bonds. The fourth-order valence-corrected chi connectivity index (χ4v) is 3.27. The number of Topliss-reactive ketones (excluding diaryl/α,β-unsaturated/α-hetero) is 1. The van der Waals surface area contributed by atoms with E-state index in [1.807, 2.05) is 12.2 Å². The number of rotatable bonds is 12. The number of carboxylic acids is 1. The van der Waals surface area contributed by atoms with Gasteiger partial charge in [-0.1, -0.05) is 50.5 Å². The SMILES string of the molecule is CCCCC[C@H]1[C@@H](O)CC(=O)[C@@H]1/C=C/[C@H](O)C/C=C\CCCC(=O)O. The minimum atomic E-state index is -0.798. The molecular formula is C20H32O5. The summed E-state index contributed by atoms with van der Waals surface area (Å²) in [6, 6.07) is 0. The van der Waals surface area contributed by atoms with Crippen LogP contribution in [0.2, 0.25) is 0 Å². The summed E-state index contributed by atoms with van der Waals surface area (Å²) >= 11 is 0. The molecule has 0 aromatic heterocycles. The summed E-state index contributed by atoms with van der Waals surface area (Å²) < 4.78 is 0. The van der Waals surface area contributed by atoms with Crippen LogP contribution in [-0.2, 0) is 9.59 Å². The lowest BCUT2D eigenvalue weighted by Gasteiger charge is -2.18. The molecule has 0 saturated heterocycles. The standard InChI is InChI=1S/C20H32O5/c1-2-3-6-10-16-17(19(23)14-18(16)22)13-12-15(21)9-7-4-5-8-11-20(24)25/h4,7,12-13,15-18,21-22H,2-3,5-6,8-11,14H2,1H3,(H,24,25)/b7-4-,13-12+/t15-,16-,17-,18+/m1/s1. The number of aliphatic hydroxyl groups is 2. The zero-order valence-corrected chi connectivity index (χ0v) is 15.1. The molecule has 1 fully saturated rings. The van der Waals surface area contributed by atoms with Crippen LogP contribution in [0.4, 0.5) is 0 Å². The summed E-state index contributed by atoms with van der Waals surface area (Å²) in [5, 5.41) is 28.6. The van der Waals surface area contributed by atoms with Gasteiger partial charge in [-0.2, -0.15) is 0 Å². The van der Waals surface area contributed by atoms with Crippen molar-refractivity contribution in [2.45, 2.75) is 76.9 Å². The van der Waals surface area contributed by atoms with Crippen molar-refractivity contribution in [3.05, 3.63) is 24.3 Å². The molecule has 0 aromatic rings. The van der Waals surface area contributed by atoms with Crippen LogP contribution in [0.25, 0.3) is 0 Å². The normalized spacial score (nSPS) is 25.2. The minimum absolute atomic E-state index is 0.0333. The van der Waals surface area contributed by atoms with Crippen molar-refractivity contribution in [3.63, 3.8) is 0 Å². The highest BCUT2D eigenvalue weighted by Crippen LogP contribution is 2.34. The number of unbranched alkanes of at least 4 members (excludes halogenated alkanes) is 3. The average Bonchev–Trinajstić information content (AvgIpc) is 2.82. The van der Waals surface area contributed by atoms with Gasteiger partial charge in [-0.05, 0) is 31.6 Å². The van der Waals surface area contributed by atoms with E-state index in [1.165, 1.54) is 0 Å². The second kappa shape index (κ2) is 12.0. The predicted molar refractivity (Wildman–Crippen MR) is 97.1 cm³/mol. The van der Waals surface area contributed by atoms with Crippen LogP contribution in [0.5, 0.6) is 0 Å². The van der Waals surface area contributed by atoms with Gasteiger partial charge in [-0.15, -0.1) is 0 Å². The topological polar surface area (TPSA) is 94.8 Å². The molecule has 5 nitrogen and oxygen atoms in total. The zero-order valence-electron chi connectivity index (χ0n) is 15.1. The van der Waals surface area contributed by atoms with Gasteiger partial charge in [0, 0.05) is 18.8 Å². The number of aliphatic carboxylic acids is 1. The second-order valence-electron chi connectivity index (χ2n) is 6.87. The Morgan fingerprint density at radius 3 is 2.72 bits per heavy atom. The van der Waals surface area contributed by atoms with Crippen molar-refractivity contribution in [1.82, 2.24) is 0 Å². The Morgan fingerprint density at radius 1 is 1.28 bits per heavy atom. The van der Waals surface area contributed by atoms with Crippen LogP contribution in [-0.4, -0.2) is 39.3 Å². The first-order chi connectivity index (χ1) is 12.0. The molecule has 0 aliphatic heterocycles. The Labute approximate surface area is 150 Å². The van der Waals surface area contributed by atoms with E-state index in [0.29, 0.717) is 19.3 Å². The fourth-order valence-electron chi connectivity index (χ4n) is 3.27. The molecule has 142 valence electrons. The first-order valence-corrected chi connectivity index (χ1v) is 9.39. The van der Waals surface area contributed by atoms with Gasteiger partial charge in [0.2, 0.25) is 0 Å². The maximum atomic E-state index is 12.1. The third-order valence-electron chi connectivity index (χ3n) is 4.72. The van der Waals surface area contributed by atoms with Crippen molar-refractivity contribution in [2.75, 3.05) is 0 Å². The molecule has 0 aromatic carbocycles. The van der Waals surface area contributed by atoms with Crippen LogP contribution in [0.3, 0.4) is 0 Å². The van der Waals surface area contributed by atoms with E-state index < -0.39 is 18.2 Å². The van der Waals surface area contributed by atoms with Crippen LogP contribution in [0, 0.1) is 11.8 Å². The molecular weight excluding hydrogens is 320 g/mol. The zero-order chi connectivity index (χ0) is 18.7. The number of hydrogen-bond acceptors (Lipinski definition) is 4. The van der Waals surface area contributed by atoms with Gasteiger partial charge in [-0.25, -0.2) is 0 Å². The summed E-state index contributed by atoms with van der Waals surface area (Å²) in [7, 11) is 0. The molecule has 3 N–H and O–H groups in total. The van der Waals surface area contributed by atoms with Gasteiger partial charge in [0.05, 0.1) is 12.2 Å². The molecule has 25 heavy (non-hydrogen) atoms. The van der Waals surface area contributed by atoms with Gasteiger partial charge in [0.25, 0.3) is 0 Å². The smallest absolute Gasteiger partial charge is 0.303 e. The maximum Gasteiger partial charge on any atom is 0.303 e. The number of carboxylic acid groups (broad SMARTS) is 1. The Bertz CT molecular complexity index is 469. The van der Waals surface area contributed by atoms with Crippen molar-refractivity contribution in [2.24, 2.45) is 11.8 Å². The minimum Gasteiger partial charge on any atom is -0.481 e. The summed E-state index contributed by atoms with van der Waals surface area (Å²) in [4.78, 5) is 22.5. The third kappa shape index (κ3) is 8.45. The second-order valence-corrected chi connectivity index (χ2v) is 6.87. The van der Waals surface area contributed by atoms with Crippen LogP contribution in [0.15, 0.2) is 24.3 Å². The molecule has 1 saturated carbocycles. The van der Waals surface area contributed by atoms with E-state index in [0.717, 1.165) is 25.7 Å². The van der Waals surface area contributed by atoms with E-state index in [2.05, 4.69) is 6.92 Å². The van der Waals surface area contributed by atoms with E-state index >= 15 is 0 Å². The summed E-state index contributed by atoms with van der Waals surface area (Å²) in [5.41, 5.74) is 0. The first kappa shape index (κ1) is 21.6. The highest BCUT2D eigenvalue weighted by Gasteiger charge is 2.39. The predicted octanol–water partition coefficient (Wildman–Crippen LogP) is 3.25. The maximum absolute atomic E-state index is 12.1. The van der Waals surface area contributed by atoms with Crippen LogP contribution >= 0.6 is 0 Å². The number of carbonyl (C=O) groups excluding carboxylic acids is 1. The Morgan fingerprint density at radius 2 is 2.04 bits per heavy atom. The van der Waals surface area contributed by atoms with Gasteiger partial charge in [0.1, 0.15) is 5.78 Å². The summed E-state index contributed by atoms with van der Waals surface area (Å²) in [6.07, 6.45) is 12.0. The first-order valence-electron chi connectivity index (χ1n) is 9.39. The Kier molecular flexibility index (Phi) is 10.3. The van der Waals surface area contributed by atoms with Gasteiger partial charge in [0.15, 0.2) is 0 Å². The Hall–Kier alpha value is -1.46. The molecule has 5 heteroatoms.